The van der Waals surface area contributed by atoms with Gasteiger partial charge in [-0.3, -0.25) is 67.1 Å². The van der Waals surface area contributed by atoms with Crippen molar-refractivity contribution in [1.29, 1.82) is 0 Å². The number of aromatic amines is 1. The molecule has 1 aliphatic rings. The number of aliphatic carboxylic acids is 3. The number of nitrogens with two attached hydrogens (primary N) is 4. The van der Waals surface area contributed by atoms with Crippen molar-refractivity contribution in [3.63, 3.8) is 0 Å². The first kappa shape index (κ1) is 66.5. The Morgan fingerprint density at radius 1 is 0.536 bits per heavy atom. The first-order chi connectivity index (χ1) is 39.6. The first-order valence-electron chi connectivity index (χ1n) is 25.8. The minimum Gasteiger partial charge on any atom is -0.481 e. The van der Waals surface area contributed by atoms with Gasteiger partial charge in [-0.2, -0.15) is 0 Å². The van der Waals surface area contributed by atoms with Gasteiger partial charge in [-0.1, -0.05) is 48.5 Å². The number of H-pyrrole nitrogens is 1. The molecular weight excluding hydrogens is 1110 g/mol. The number of carbonyl (C=O) groups excluding carboxylic acids is 12. The lowest BCUT2D eigenvalue weighted by Crippen LogP contribution is -2.61. The van der Waals surface area contributed by atoms with E-state index in [0.29, 0.717) is 22.0 Å². The van der Waals surface area contributed by atoms with Gasteiger partial charge in [0.2, 0.25) is 70.9 Å². The molecule has 10 atom stereocenters. The summed E-state index contributed by atoms with van der Waals surface area (Å²) in [6.45, 7) is -0.206. The Morgan fingerprint density at radius 3 is 1.48 bits per heavy atom. The summed E-state index contributed by atoms with van der Waals surface area (Å²) in [5.74, 6) is -19.3. The highest BCUT2D eigenvalue weighted by Crippen LogP contribution is 2.22. The van der Waals surface area contributed by atoms with Gasteiger partial charge in [0.05, 0.1) is 44.8 Å². The van der Waals surface area contributed by atoms with Crippen LogP contribution in [0.2, 0.25) is 0 Å². The average molecular weight is 1180 g/mol. The van der Waals surface area contributed by atoms with Crippen molar-refractivity contribution >= 4 is 99.7 Å². The van der Waals surface area contributed by atoms with Crippen molar-refractivity contribution < 1.29 is 92.3 Å². The Morgan fingerprint density at radius 2 is 0.964 bits per heavy atom. The number of carbonyl (C=O) groups is 15. The van der Waals surface area contributed by atoms with E-state index in [0.717, 1.165) is 4.90 Å². The monoisotopic (exact) mass is 1180 g/mol. The lowest BCUT2D eigenvalue weighted by Gasteiger charge is -2.30. The van der Waals surface area contributed by atoms with Crippen LogP contribution in [0.25, 0.3) is 10.9 Å². The van der Waals surface area contributed by atoms with Gasteiger partial charge in [-0.15, -0.1) is 0 Å². The van der Waals surface area contributed by atoms with Crippen molar-refractivity contribution in [2.75, 3.05) is 13.2 Å². The number of nitrogens with zero attached hydrogens (tertiary/aromatic N) is 1. The summed E-state index contributed by atoms with van der Waals surface area (Å²) in [6.07, 6.45) is -4.34. The van der Waals surface area contributed by atoms with Crippen LogP contribution < -0.4 is 65.5 Å². The number of hydrogen-bond donors (Lipinski definition) is 17. The number of hydrogen-bond acceptors (Lipinski definition) is 17. The van der Waals surface area contributed by atoms with Crippen molar-refractivity contribution in [3.05, 3.63) is 71.9 Å². The fraction of sp³-hybridized carbons (Fsp3) is 0.431. The van der Waals surface area contributed by atoms with Crippen molar-refractivity contribution in [3.8, 4) is 0 Å². The molecule has 0 aliphatic carbocycles. The van der Waals surface area contributed by atoms with Gasteiger partial charge < -0.3 is 95.8 Å². The number of para-hydroxylation sites is 1. The normalized spacial score (nSPS) is 16.0. The van der Waals surface area contributed by atoms with Crippen LogP contribution in [0.5, 0.6) is 0 Å². The molecule has 4 rings (SSSR count). The highest BCUT2D eigenvalue weighted by atomic mass is 16.4. The highest BCUT2D eigenvalue weighted by molar-refractivity contribution is 6.02. The van der Waals surface area contributed by atoms with E-state index in [2.05, 4.69) is 42.2 Å². The van der Waals surface area contributed by atoms with E-state index < -0.39 is 194 Å². The highest BCUT2D eigenvalue weighted by Gasteiger charge is 2.42. The molecule has 0 bridgehead atoms. The lowest BCUT2D eigenvalue weighted by molar-refractivity contribution is -0.145. The van der Waals surface area contributed by atoms with Gasteiger partial charge in [-0.25, -0.2) is 4.79 Å². The molecule has 84 heavy (non-hydrogen) atoms. The number of fused-ring (bicyclic) bond motifs is 1. The smallest absolute Gasteiger partial charge is 0.326 e. The van der Waals surface area contributed by atoms with Gasteiger partial charge in [0.25, 0.3) is 0 Å². The van der Waals surface area contributed by atoms with E-state index in [-0.39, 0.29) is 25.8 Å². The molecule has 0 radical (unpaired) electrons. The van der Waals surface area contributed by atoms with Crippen LogP contribution in [-0.2, 0) is 84.8 Å². The second-order valence-corrected chi connectivity index (χ2v) is 19.4. The topological polar surface area (TPSA) is 556 Å². The third-order valence-corrected chi connectivity index (χ3v) is 12.8. The Bertz CT molecular complexity index is 2990. The number of nitrogens with one attached hydrogen (secondary N) is 9. The summed E-state index contributed by atoms with van der Waals surface area (Å²) < 4.78 is 0. The number of amides is 12. The standard InChI is InChI=1S/C51H66N14O19/c1-23(52)42(74)57-29(16-37(53)67)45(77)64-35(22-66)48(80)59-30(17-38(54)68)44(76)62-33(18-39(55)69)50(82)65-13-7-12-36(65)49(81)61-32(20-41(72)73)46(78)58-28(15-25-21-56-27-11-6-5-10-26(25)27)43(75)60-31(19-40(70)71)47(79)63-34(51(83)84)14-24-8-3-2-4-9-24/h2-6,8-11,21,23,28-36,56,66H,7,12-20,22,52H2,1H3,(H2,53,67)(H2,54,68)(H2,55,69)(H,57,74)(H,58,78)(H,59,80)(H,60,75)(H,61,81)(H,62,76)(H,63,79)(H,64,77)(H,70,71)(H,72,73)(H,83,84)/t23-,28-,29-,30-,31-,32-,33-,34-,35-,36-/m0/s1. The number of carboxylic acids is 3. The van der Waals surface area contributed by atoms with Gasteiger partial charge in [0.15, 0.2) is 0 Å². The molecule has 1 aromatic heterocycles. The second-order valence-electron chi connectivity index (χ2n) is 19.4. The third-order valence-electron chi connectivity index (χ3n) is 12.8. The van der Waals surface area contributed by atoms with E-state index in [1.165, 1.54) is 13.1 Å². The van der Waals surface area contributed by atoms with Crippen molar-refractivity contribution in [1.82, 2.24) is 52.4 Å². The molecule has 1 saturated heterocycles. The SMILES string of the molecule is C[C@H](N)C(=O)N[C@@H](CC(N)=O)C(=O)N[C@@H](CO)C(=O)N[C@@H](CC(N)=O)C(=O)N[C@@H](CC(N)=O)C(=O)N1CCC[C@H]1C(=O)N[C@@H](CC(=O)O)C(=O)N[C@@H](Cc1c[nH]c2ccccc12)C(=O)N[C@@H](CC(=O)O)C(=O)N[C@@H](Cc1ccccc1)C(=O)O. The van der Waals surface area contributed by atoms with Crippen LogP contribution >= 0.6 is 0 Å². The van der Waals surface area contributed by atoms with Crippen LogP contribution in [0.4, 0.5) is 0 Å². The van der Waals surface area contributed by atoms with Crippen molar-refractivity contribution in [2.45, 2.75) is 125 Å². The lowest BCUT2D eigenvalue weighted by atomic mass is 10.0. The quantitative estimate of drug-likeness (QED) is 0.0269. The summed E-state index contributed by atoms with van der Waals surface area (Å²) in [7, 11) is 0. The predicted octanol–water partition coefficient (Wildman–Crippen LogP) is -7.18. The summed E-state index contributed by atoms with van der Waals surface area (Å²) in [6, 6.07) is -3.06. The van der Waals surface area contributed by atoms with Crippen LogP contribution in [0, 0.1) is 0 Å². The number of carboxylic acid groups (broad SMARTS) is 3. The zero-order valence-electron chi connectivity index (χ0n) is 45.0. The minimum absolute atomic E-state index is 0.0537. The number of benzene rings is 2. The number of aliphatic hydroxyl groups excluding tert-OH is 1. The molecule has 1 aliphatic heterocycles. The molecule has 0 unspecified atom stereocenters. The van der Waals surface area contributed by atoms with Gasteiger partial charge >= 0.3 is 17.9 Å². The van der Waals surface area contributed by atoms with Gasteiger partial charge in [0.1, 0.15) is 54.4 Å². The van der Waals surface area contributed by atoms with Crippen LogP contribution in [0.15, 0.2) is 60.8 Å². The van der Waals surface area contributed by atoms with E-state index in [1.807, 2.05) is 5.32 Å². The molecule has 1 fully saturated rings. The Hall–Kier alpha value is -10.1. The molecule has 3 aromatic rings. The van der Waals surface area contributed by atoms with E-state index in [4.69, 9.17) is 22.9 Å². The van der Waals surface area contributed by atoms with Crippen LogP contribution in [0.3, 0.4) is 0 Å². The Balaban J connectivity index is 1.57. The maximum absolute atomic E-state index is 14.3. The summed E-state index contributed by atoms with van der Waals surface area (Å²) in [5, 5.41) is 57.6. The minimum atomic E-state index is -2.05. The molecule has 2 aromatic carbocycles. The van der Waals surface area contributed by atoms with E-state index >= 15 is 0 Å². The fourth-order valence-electron chi connectivity index (χ4n) is 8.67. The van der Waals surface area contributed by atoms with E-state index in [1.54, 1.807) is 54.6 Å². The molecule has 12 amide bonds. The van der Waals surface area contributed by atoms with Gasteiger partial charge in [-0.05, 0) is 37.0 Å². The second kappa shape index (κ2) is 31.2. The third kappa shape index (κ3) is 20.2. The number of aromatic nitrogens is 1. The summed E-state index contributed by atoms with van der Waals surface area (Å²) >= 11 is 0. The molecule has 21 N–H and O–H groups in total. The van der Waals surface area contributed by atoms with Crippen LogP contribution in [0.1, 0.15) is 63.0 Å². The zero-order chi connectivity index (χ0) is 62.5. The molecule has 0 spiro atoms. The summed E-state index contributed by atoms with van der Waals surface area (Å²) in [5.41, 5.74) is 22.9. The maximum atomic E-state index is 14.3. The molecule has 2 heterocycles. The predicted molar refractivity (Wildman–Crippen MR) is 287 cm³/mol. The molecule has 454 valence electrons. The van der Waals surface area contributed by atoms with Crippen LogP contribution in [-0.4, -0.2) is 193 Å². The Kier molecular flexibility index (Phi) is 24.7. The summed E-state index contributed by atoms with van der Waals surface area (Å²) in [4.78, 5) is 199. The number of likely N-dealkylation sites (tertiary alicyclic amines) is 1. The first-order valence-corrected chi connectivity index (χ1v) is 25.8. The molecule has 33 heteroatoms. The maximum Gasteiger partial charge on any atom is 0.326 e. The van der Waals surface area contributed by atoms with Gasteiger partial charge in [0, 0.05) is 36.5 Å². The molecular formula is C51H66N14O19. The molecule has 0 saturated carbocycles. The number of aliphatic hydroxyl groups is 1. The Labute approximate surface area is 476 Å². The van der Waals surface area contributed by atoms with Crippen molar-refractivity contribution in [2.24, 2.45) is 22.9 Å². The fourth-order valence-corrected chi connectivity index (χ4v) is 8.67. The largest absolute Gasteiger partial charge is 0.481 e. The number of rotatable bonds is 33. The van der Waals surface area contributed by atoms with E-state index in [9.17, 15) is 92.3 Å². The zero-order valence-corrected chi connectivity index (χ0v) is 45.0. The average Bonchev–Trinajstić information content (AvgIpc) is 3.43. The molecule has 33 nitrogen and oxygen atoms in total. The number of primary amides is 3.